The van der Waals surface area contributed by atoms with Crippen LogP contribution in [-0.2, 0) is 13.1 Å². The van der Waals surface area contributed by atoms with E-state index in [4.69, 9.17) is 0 Å². The van der Waals surface area contributed by atoms with Crippen LogP contribution < -0.4 is 11.1 Å². The first-order valence-corrected chi connectivity index (χ1v) is 5.68. The van der Waals surface area contributed by atoms with Crippen LogP contribution in [0.2, 0.25) is 0 Å². The van der Waals surface area contributed by atoms with Gasteiger partial charge in [0.25, 0.3) is 11.1 Å². The quantitative estimate of drug-likeness (QED) is 0.623. The molecule has 0 N–H and O–H groups in total. The van der Waals surface area contributed by atoms with E-state index in [1.54, 1.807) is 0 Å². The molecule has 90 valence electrons. The highest BCUT2D eigenvalue weighted by Gasteiger charge is 2.11. The van der Waals surface area contributed by atoms with Gasteiger partial charge in [-0.3, -0.25) is 9.59 Å². The standard InChI is InChI=1S/C9H13N3O2.C2H6/c1-10-4-6-11-8(13)2-3-9(14)12(11)7-5-10;1-2/h2-3H,4-7H2,1H3;1-2H3. The molecule has 0 saturated heterocycles. The summed E-state index contributed by atoms with van der Waals surface area (Å²) in [7, 11) is 1.99. The first-order chi connectivity index (χ1) is 7.68. The zero-order chi connectivity index (χ0) is 12.1. The van der Waals surface area contributed by atoms with Gasteiger partial charge < -0.3 is 4.90 Å². The van der Waals surface area contributed by atoms with E-state index in [9.17, 15) is 9.59 Å². The van der Waals surface area contributed by atoms with Crippen LogP contribution in [0.4, 0.5) is 0 Å². The fourth-order valence-electron chi connectivity index (χ4n) is 1.66. The fourth-order valence-corrected chi connectivity index (χ4v) is 1.66. The van der Waals surface area contributed by atoms with Crippen LogP contribution in [0, 0.1) is 0 Å². The SMILES string of the molecule is CC.CN1CCn2c(=O)ccc(=O)n2CC1. The molecule has 0 unspecified atom stereocenters. The Hall–Kier alpha value is -1.36. The van der Waals surface area contributed by atoms with Gasteiger partial charge in [0.05, 0.1) is 13.1 Å². The third-order valence-electron chi connectivity index (χ3n) is 2.56. The smallest absolute Gasteiger partial charge is 0.265 e. The van der Waals surface area contributed by atoms with Crippen molar-refractivity contribution < 1.29 is 0 Å². The summed E-state index contributed by atoms with van der Waals surface area (Å²) in [5, 5.41) is 0. The summed E-state index contributed by atoms with van der Waals surface area (Å²) in [5.74, 6) is 0. The zero-order valence-electron chi connectivity index (χ0n) is 10.1. The number of aromatic nitrogens is 2. The van der Waals surface area contributed by atoms with Gasteiger partial charge in [0, 0.05) is 25.2 Å². The molecular weight excluding hydrogens is 206 g/mol. The molecule has 0 amide bonds. The fraction of sp³-hybridized carbons (Fsp3) is 0.636. The number of rotatable bonds is 0. The molecule has 1 aliphatic rings. The summed E-state index contributed by atoms with van der Waals surface area (Å²) >= 11 is 0. The molecule has 2 heterocycles. The van der Waals surface area contributed by atoms with Gasteiger partial charge in [0.15, 0.2) is 0 Å². The van der Waals surface area contributed by atoms with Gasteiger partial charge in [0.2, 0.25) is 0 Å². The van der Waals surface area contributed by atoms with Crippen molar-refractivity contribution in [3.05, 3.63) is 32.8 Å². The minimum Gasteiger partial charge on any atom is -0.303 e. The first kappa shape index (κ1) is 12.7. The van der Waals surface area contributed by atoms with Crippen LogP contribution in [0.15, 0.2) is 21.7 Å². The van der Waals surface area contributed by atoms with Crippen molar-refractivity contribution >= 4 is 0 Å². The third kappa shape index (κ3) is 2.61. The predicted molar refractivity (Wildman–Crippen MR) is 63.8 cm³/mol. The molecule has 16 heavy (non-hydrogen) atoms. The van der Waals surface area contributed by atoms with Crippen molar-refractivity contribution in [3.63, 3.8) is 0 Å². The van der Waals surface area contributed by atoms with E-state index >= 15 is 0 Å². The second-order valence-corrected chi connectivity index (χ2v) is 3.56. The number of fused-ring (bicyclic) bond motifs is 1. The minimum absolute atomic E-state index is 0.0973. The Morgan fingerprint density at radius 1 is 0.875 bits per heavy atom. The molecule has 0 aromatic carbocycles. The van der Waals surface area contributed by atoms with Crippen molar-refractivity contribution in [1.29, 1.82) is 0 Å². The summed E-state index contributed by atoms with van der Waals surface area (Å²) in [6.45, 7) is 6.80. The highest BCUT2D eigenvalue weighted by Crippen LogP contribution is 1.93. The van der Waals surface area contributed by atoms with Crippen LogP contribution >= 0.6 is 0 Å². The van der Waals surface area contributed by atoms with Crippen molar-refractivity contribution in [1.82, 2.24) is 14.3 Å². The Bertz CT molecular complexity index is 406. The monoisotopic (exact) mass is 225 g/mol. The molecule has 1 aliphatic heterocycles. The zero-order valence-corrected chi connectivity index (χ0v) is 10.1. The number of hydrogen-bond donors (Lipinski definition) is 0. The van der Waals surface area contributed by atoms with Crippen molar-refractivity contribution in [2.75, 3.05) is 20.1 Å². The number of likely N-dealkylation sites (N-methyl/N-ethyl adjacent to an activating group) is 1. The van der Waals surface area contributed by atoms with Gasteiger partial charge in [-0.25, -0.2) is 9.36 Å². The summed E-state index contributed by atoms with van der Waals surface area (Å²) < 4.78 is 3.04. The first-order valence-electron chi connectivity index (χ1n) is 5.68. The predicted octanol–water partition coefficient (Wildman–Crippen LogP) is -0.0184. The van der Waals surface area contributed by atoms with Crippen LogP contribution in [0.25, 0.3) is 0 Å². The molecule has 0 aliphatic carbocycles. The Morgan fingerprint density at radius 3 is 1.62 bits per heavy atom. The van der Waals surface area contributed by atoms with Gasteiger partial charge in [0.1, 0.15) is 0 Å². The second-order valence-electron chi connectivity index (χ2n) is 3.56. The van der Waals surface area contributed by atoms with Gasteiger partial charge in [-0.15, -0.1) is 0 Å². The van der Waals surface area contributed by atoms with Crippen LogP contribution in [0.5, 0.6) is 0 Å². The van der Waals surface area contributed by atoms with Crippen LogP contribution in [0.1, 0.15) is 13.8 Å². The van der Waals surface area contributed by atoms with Crippen molar-refractivity contribution in [2.24, 2.45) is 0 Å². The molecule has 0 fully saturated rings. The van der Waals surface area contributed by atoms with E-state index in [2.05, 4.69) is 4.90 Å². The maximum Gasteiger partial charge on any atom is 0.265 e. The Labute approximate surface area is 94.9 Å². The minimum atomic E-state index is -0.0973. The third-order valence-corrected chi connectivity index (χ3v) is 2.56. The molecule has 5 heteroatoms. The van der Waals surface area contributed by atoms with Crippen LogP contribution in [-0.4, -0.2) is 34.4 Å². The molecule has 0 radical (unpaired) electrons. The maximum atomic E-state index is 11.5. The van der Waals surface area contributed by atoms with E-state index in [-0.39, 0.29) is 11.1 Å². The Balaban J connectivity index is 0.000000606. The van der Waals surface area contributed by atoms with E-state index in [1.165, 1.54) is 21.5 Å². The second kappa shape index (κ2) is 5.65. The van der Waals surface area contributed by atoms with Gasteiger partial charge >= 0.3 is 0 Å². The average Bonchev–Trinajstić information content (AvgIpc) is 2.50. The van der Waals surface area contributed by atoms with Gasteiger partial charge in [-0.2, -0.15) is 0 Å². The van der Waals surface area contributed by atoms with Crippen molar-refractivity contribution in [2.45, 2.75) is 26.9 Å². The Kier molecular flexibility index (Phi) is 4.49. The largest absolute Gasteiger partial charge is 0.303 e. The topological polar surface area (TPSA) is 47.2 Å². The molecule has 1 aromatic heterocycles. The molecule has 0 atom stereocenters. The molecule has 1 aromatic rings. The molecule has 5 nitrogen and oxygen atoms in total. The lowest BCUT2D eigenvalue weighted by molar-refractivity contribution is 0.338. The molecular formula is C11H19N3O2. The van der Waals surface area contributed by atoms with Crippen LogP contribution in [0.3, 0.4) is 0 Å². The highest BCUT2D eigenvalue weighted by atomic mass is 16.2. The summed E-state index contributed by atoms with van der Waals surface area (Å²) in [5.41, 5.74) is -0.195. The summed E-state index contributed by atoms with van der Waals surface area (Å²) in [6, 6.07) is 2.67. The molecule has 0 spiro atoms. The normalized spacial score (nSPS) is 15.7. The lowest BCUT2D eigenvalue weighted by Crippen LogP contribution is -2.37. The van der Waals surface area contributed by atoms with Gasteiger partial charge in [-0.1, -0.05) is 13.8 Å². The van der Waals surface area contributed by atoms with E-state index in [1.807, 2.05) is 20.9 Å². The summed E-state index contributed by atoms with van der Waals surface area (Å²) in [6.07, 6.45) is 0. The van der Waals surface area contributed by atoms with E-state index in [0.29, 0.717) is 13.1 Å². The lowest BCUT2D eigenvalue weighted by atomic mass is 10.5. The van der Waals surface area contributed by atoms with E-state index < -0.39 is 0 Å². The number of hydrogen-bond acceptors (Lipinski definition) is 3. The molecule has 0 saturated carbocycles. The maximum absolute atomic E-state index is 11.5. The number of nitrogens with zero attached hydrogens (tertiary/aromatic N) is 3. The van der Waals surface area contributed by atoms with Gasteiger partial charge in [-0.05, 0) is 7.05 Å². The van der Waals surface area contributed by atoms with Crippen molar-refractivity contribution in [3.8, 4) is 0 Å². The van der Waals surface area contributed by atoms with E-state index in [0.717, 1.165) is 13.1 Å². The molecule has 0 bridgehead atoms. The average molecular weight is 225 g/mol. The summed E-state index contributed by atoms with van der Waals surface area (Å²) in [4.78, 5) is 25.0. The Morgan fingerprint density at radius 2 is 1.25 bits per heavy atom. The molecule has 2 rings (SSSR count). The highest BCUT2D eigenvalue weighted by molar-refractivity contribution is 4.89. The lowest BCUT2D eigenvalue weighted by Gasteiger charge is -2.09.